The first-order valence-corrected chi connectivity index (χ1v) is 7.18. The van der Waals surface area contributed by atoms with Crippen molar-refractivity contribution in [2.24, 2.45) is 0 Å². The summed E-state index contributed by atoms with van der Waals surface area (Å²) in [4.78, 5) is 13.4. The van der Waals surface area contributed by atoms with E-state index in [9.17, 15) is 9.90 Å². The SMILES string of the molecule is Cc1ccc(C(O)c2ccc3c(c2)CC(=O)N3C)c(Cl)c1. The smallest absolute Gasteiger partial charge is 0.231 e. The number of nitrogens with zero attached hydrogens (tertiary/aromatic N) is 1. The highest BCUT2D eigenvalue weighted by molar-refractivity contribution is 6.31. The van der Waals surface area contributed by atoms with Crippen LogP contribution >= 0.6 is 11.6 Å². The zero-order chi connectivity index (χ0) is 15.1. The molecule has 1 N–H and O–H groups in total. The summed E-state index contributed by atoms with van der Waals surface area (Å²) in [5, 5.41) is 11.1. The molecule has 2 aromatic carbocycles. The van der Waals surface area contributed by atoms with Gasteiger partial charge in [0.25, 0.3) is 0 Å². The number of carbonyl (C=O) groups is 1. The van der Waals surface area contributed by atoms with Gasteiger partial charge in [-0.3, -0.25) is 4.79 Å². The molecule has 3 nitrogen and oxygen atoms in total. The monoisotopic (exact) mass is 301 g/mol. The second kappa shape index (κ2) is 5.17. The van der Waals surface area contributed by atoms with Crippen LogP contribution in [0.3, 0.4) is 0 Å². The molecule has 1 unspecified atom stereocenters. The fourth-order valence-corrected chi connectivity index (χ4v) is 3.03. The fraction of sp³-hybridized carbons (Fsp3) is 0.235. The van der Waals surface area contributed by atoms with Crippen molar-refractivity contribution >= 4 is 23.2 Å². The van der Waals surface area contributed by atoms with Crippen molar-refractivity contribution in [1.29, 1.82) is 0 Å². The molecule has 3 rings (SSSR count). The summed E-state index contributed by atoms with van der Waals surface area (Å²) in [7, 11) is 1.76. The van der Waals surface area contributed by atoms with E-state index >= 15 is 0 Å². The summed E-state index contributed by atoms with van der Waals surface area (Å²) in [5.74, 6) is 0.0741. The van der Waals surface area contributed by atoms with Crippen molar-refractivity contribution in [3.8, 4) is 0 Å². The number of fused-ring (bicyclic) bond motifs is 1. The van der Waals surface area contributed by atoms with Crippen LogP contribution in [0.25, 0.3) is 0 Å². The Balaban J connectivity index is 1.98. The fourth-order valence-electron chi connectivity index (χ4n) is 2.69. The third-order valence-corrected chi connectivity index (χ3v) is 4.27. The number of hydrogen-bond acceptors (Lipinski definition) is 2. The first-order valence-electron chi connectivity index (χ1n) is 6.81. The molecule has 0 aromatic heterocycles. The van der Waals surface area contributed by atoms with Crippen LogP contribution in [0.1, 0.15) is 28.4 Å². The predicted molar refractivity (Wildman–Crippen MR) is 83.8 cm³/mol. The predicted octanol–water partition coefficient (Wildman–Crippen LogP) is 3.25. The Labute approximate surface area is 128 Å². The van der Waals surface area contributed by atoms with E-state index in [2.05, 4.69) is 0 Å². The molecule has 21 heavy (non-hydrogen) atoms. The van der Waals surface area contributed by atoms with Gasteiger partial charge in [-0.2, -0.15) is 0 Å². The maximum Gasteiger partial charge on any atom is 0.231 e. The molecule has 0 bridgehead atoms. The molecule has 1 atom stereocenters. The van der Waals surface area contributed by atoms with Gasteiger partial charge in [0.15, 0.2) is 0 Å². The number of likely N-dealkylation sites (N-methyl/N-ethyl adjacent to an activating group) is 1. The van der Waals surface area contributed by atoms with Crippen LogP contribution in [0, 0.1) is 6.92 Å². The molecule has 0 radical (unpaired) electrons. The van der Waals surface area contributed by atoms with E-state index in [4.69, 9.17) is 11.6 Å². The second-order valence-corrected chi connectivity index (χ2v) is 5.85. The van der Waals surface area contributed by atoms with E-state index in [1.54, 1.807) is 11.9 Å². The molecule has 0 spiro atoms. The van der Waals surface area contributed by atoms with Crippen LogP contribution in [-0.2, 0) is 11.2 Å². The highest BCUT2D eigenvalue weighted by Gasteiger charge is 2.25. The zero-order valence-electron chi connectivity index (χ0n) is 11.9. The highest BCUT2D eigenvalue weighted by Crippen LogP contribution is 2.34. The molecule has 0 fully saturated rings. The number of halogens is 1. The lowest BCUT2D eigenvalue weighted by molar-refractivity contribution is -0.117. The quantitative estimate of drug-likeness (QED) is 0.925. The van der Waals surface area contributed by atoms with Crippen LogP contribution < -0.4 is 4.90 Å². The lowest BCUT2D eigenvalue weighted by atomic mass is 9.98. The molecule has 1 amide bonds. The molecule has 2 aromatic rings. The van der Waals surface area contributed by atoms with Crippen molar-refractivity contribution in [2.75, 3.05) is 11.9 Å². The van der Waals surface area contributed by atoms with Crippen molar-refractivity contribution in [1.82, 2.24) is 0 Å². The lowest BCUT2D eigenvalue weighted by Gasteiger charge is -2.16. The molecule has 0 saturated heterocycles. The first-order chi connectivity index (χ1) is 9.97. The molecule has 1 aliphatic rings. The van der Waals surface area contributed by atoms with Gasteiger partial charge < -0.3 is 10.0 Å². The Bertz CT molecular complexity index is 727. The number of aryl methyl sites for hydroxylation is 1. The van der Waals surface area contributed by atoms with Crippen molar-refractivity contribution in [3.05, 3.63) is 63.7 Å². The van der Waals surface area contributed by atoms with Gasteiger partial charge in [-0.05, 0) is 35.7 Å². The van der Waals surface area contributed by atoms with E-state index in [1.807, 2.05) is 43.3 Å². The van der Waals surface area contributed by atoms with Crippen LogP contribution in [0.15, 0.2) is 36.4 Å². The summed E-state index contributed by atoms with van der Waals surface area (Å²) < 4.78 is 0. The number of benzene rings is 2. The number of hydrogen-bond donors (Lipinski definition) is 1. The van der Waals surface area contributed by atoms with Gasteiger partial charge in [-0.1, -0.05) is 35.9 Å². The van der Waals surface area contributed by atoms with Gasteiger partial charge >= 0.3 is 0 Å². The second-order valence-electron chi connectivity index (χ2n) is 5.45. The largest absolute Gasteiger partial charge is 0.384 e. The van der Waals surface area contributed by atoms with Crippen LogP contribution in [-0.4, -0.2) is 18.1 Å². The lowest BCUT2D eigenvalue weighted by Crippen LogP contribution is -2.20. The summed E-state index contributed by atoms with van der Waals surface area (Å²) in [5.41, 5.74) is 4.34. The molecule has 0 aliphatic carbocycles. The summed E-state index contributed by atoms with van der Waals surface area (Å²) >= 11 is 6.22. The minimum absolute atomic E-state index is 0.0741. The minimum Gasteiger partial charge on any atom is -0.384 e. The third-order valence-electron chi connectivity index (χ3n) is 3.95. The number of anilines is 1. The summed E-state index contributed by atoms with van der Waals surface area (Å²) in [6.45, 7) is 1.96. The highest BCUT2D eigenvalue weighted by atomic mass is 35.5. The first kappa shape index (κ1) is 14.1. The van der Waals surface area contributed by atoms with Gasteiger partial charge in [-0.25, -0.2) is 0 Å². The van der Waals surface area contributed by atoms with Gasteiger partial charge in [0.2, 0.25) is 5.91 Å². The topological polar surface area (TPSA) is 40.5 Å². The maximum atomic E-state index is 11.7. The van der Waals surface area contributed by atoms with E-state index in [-0.39, 0.29) is 5.91 Å². The van der Waals surface area contributed by atoms with E-state index < -0.39 is 6.10 Å². The molecule has 108 valence electrons. The Morgan fingerprint density at radius 2 is 2.00 bits per heavy atom. The molecule has 4 heteroatoms. The Kier molecular flexibility index (Phi) is 3.47. The van der Waals surface area contributed by atoms with Crippen molar-refractivity contribution < 1.29 is 9.90 Å². The minimum atomic E-state index is -0.788. The number of amides is 1. The standard InChI is InChI=1S/C17H16ClNO2/c1-10-3-5-13(14(18)7-10)17(21)11-4-6-15-12(8-11)9-16(20)19(15)2/h3-8,17,21H,9H2,1-2H3. The van der Waals surface area contributed by atoms with Gasteiger partial charge in [0.05, 0.1) is 6.42 Å². The number of rotatable bonds is 2. The summed E-state index contributed by atoms with van der Waals surface area (Å²) in [6, 6.07) is 11.2. The maximum absolute atomic E-state index is 11.7. The number of aliphatic hydroxyl groups excluding tert-OH is 1. The Morgan fingerprint density at radius 1 is 1.24 bits per heavy atom. The van der Waals surface area contributed by atoms with Gasteiger partial charge in [0.1, 0.15) is 6.10 Å². The molecule has 0 saturated carbocycles. The molecular weight excluding hydrogens is 286 g/mol. The number of aliphatic hydroxyl groups is 1. The Morgan fingerprint density at radius 3 is 2.71 bits per heavy atom. The van der Waals surface area contributed by atoms with E-state index in [1.165, 1.54) is 0 Å². The number of carbonyl (C=O) groups excluding carboxylic acids is 1. The molecule has 1 aliphatic heterocycles. The zero-order valence-corrected chi connectivity index (χ0v) is 12.7. The average molecular weight is 302 g/mol. The molecule has 1 heterocycles. The normalized spacial score (nSPS) is 15.2. The Hall–Kier alpha value is -1.84. The van der Waals surface area contributed by atoms with Crippen molar-refractivity contribution in [3.63, 3.8) is 0 Å². The van der Waals surface area contributed by atoms with Crippen LogP contribution in [0.4, 0.5) is 5.69 Å². The molecular formula is C17H16ClNO2. The van der Waals surface area contributed by atoms with Gasteiger partial charge in [-0.15, -0.1) is 0 Å². The average Bonchev–Trinajstić information content (AvgIpc) is 2.73. The van der Waals surface area contributed by atoms with Crippen LogP contribution in [0.2, 0.25) is 5.02 Å². The van der Waals surface area contributed by atoms with E-state index in [0.717, 1.165) is 22.4 Å². The van der Waals surface area contributed by atoms with Gasteiger partial charge in [0, 0.05) is 23.3 Å². The third kappa shape index (κ3) is 2.43. The van der Waals surface area contributed by atoms with Crippen molar-refractivity contribution in [2.45, 2.75) is 19.4 Å². The summed E-state index contributed by atoms with van der Waals surface area (Å²) in [6.07, 6.45) is -0.405. The van der Waals surface area contributed by atoms with E-state index in [0.29, 0.717) is 17.0 Å². The van der Waals surface area contributed by atoms with Crippen LogP contribution in [0.5, 0.6) is 0 Å².